The Labute approximate surface area is 141 Å². The molecule has 1 unspecified atom stereocenters. The monoisotopic (exact) mass is 329 g/mol. The first-order chi connectivity index (χ1) is 11.3. The Bertz CT molecular complexity index is 776. The Kier molecular flexibility index (Phi) is 4.13. The maximum absolute atomic E-state index is 12.6. The van der Waals surface area contributed by atoms with Crippen molar-refractivity contribution in [2.45, 2.75) is 39.7 Å². The third kappa shape index (κ3) is 2.91. The number of para-hydroxylation sites is 2. The van der Waals surface area contributed by atoms with Gasteiger partial charge in [-0.2, -0.15) is 0 Å². The number of ether oxygens (including phenoxy) is 1. The van der Waals surface area contributed by atoms with Gasteiger partial charge in [0.15, 0.2) is 5.76 Å². The summed E-state index contributed by atoms with van der Waals surface area (Å²) in [6.45, 7) is 6.00. The topological polar surface area (TPSA) is 71.7 Å². The summed E-state index contributed by atoms with van der Waals surface area (Å²) in [6, 6.07) is 7.21. The van der Waals surface area contributed by atoms with E-state index in [4.69, 9.17) is 9.15 Å². The zero-order valence-corrected chi connectivity index (χ0v) is 14.5. The lowest BCUT2D eigenvalue weighted by Crippen LogP contribution is -2.24. The molecule has 1 amide bonds. The number of rotatable bonds is 3. The summed E-state index contributed by atoms with van der Waals surface area (Å²) in [5, 5.41) is 13.3. The second-order valence-corrected chi connectivity index (χ2v) is 7.11. The van der Waals surface area contributed by atoms with Crippen LogP contribution < -0.4 is 10.1 Å². The minimum Gasteiger partial charge on any atom is -0.495 e. The van der Waals surface area contributed by atoms with Gasteiger partial charge in [0.1, 0.15) is 11.5 Å². The van der Waals surface area contributed by atoms with Gasteiger partial charge in [0.2, 0.25) is 0 Å². The van der Waals surface area contributed by atoms with Gasteiger partial charge in [0.05, 0.1) is 18.9 Å². The van der Waals surface area contributed by atoms with Crippen molar-refractivity contribution in [2.75, 3.05) is 12.4 Å². The predicted octanol–water partition coefficient (Wildman–Crippen LogP) is 3.85. The smallest absolute Gasteiger partial charge is 0.291 e. The average molecular weight is 329 g/mol. The number of hydrogen-bond acceptors (Lipinski definition) is 4. The van der Waals surface area contributed by atoms with Crippen LogP contribution >= 0.6 is 0 Å². The molecule has 24 heavy (non-hydrogen) atoms. The fourth-order valence-electron chi connectivity index (χ4n) is 3.43. The zero-order valence-electron chi connectivity index (χ0n) is 14.5. The highest BCUT2D eigenvalue weighted by atomic mass is 16.5. The van der Waals surface area contributed by atoms with E-state index >= 15 is 0 Å². The van der Waals surface area contributed by atoms with Crippen LogP contribution in [0.25, 0.3) is 0 Å². The number of carbonyl (C=O) groups is 1. The molecule has 1 heterocycles. The van der Waals surface area contributed by atoms with Crippen molar-refractivity contribution in [1.82, 2.24) is 0 Å². The standard InChI is InChI=1S/C19H23NO4/c1-11-16-13(21)9-19(2,3)10-15(16)24-17(11)18(22)20-12-7-5-6-8-14(12)23-4/h5-8,13,21H,9-10H2,1-4H3,(H,20,22). The van der Waals surface area contributed by atoms with Crippen LogP contribution in [-0.2, 0) is 6.42 Å². The molecule has 1 aliphatic carbocycles. The first-order valence-corrected chi connectivity index (χ1v) is 8.07. The van der Waals surface area contributed by atoms with Gasteiger partial charge in [-0.25, -0.2) is 0 Å². The van der Waals surface area contributed by atoms with Gasteiger partial charge in [-0.15, -0.1) is 0 Å². The van der Waals surface area contributed by atoms with E-state index in [1.165, 1.54) is 0 Å². The Morgan fingerprint density at radius 3 is 2.79 bits per heavy atom. The molecule has 0 radical (unpaired) electrons. The molecule has 1 aromatic carbocycles. The molecule has 1 aromatic heterocycles. The highest BCUT2D eigenvalue weighted by Crippen LogP contribution is 2.44. The van der Waals surface area contributed by atoms with E-state index in [0.29, 0.717) is 35.6 Å². The van der Waals surface area contributed by atoms with Crippen molar-refractivity contribution in [1.29, 1.82) is 0 Å². The number of benzene rings is 1. The number of anilines is 1. The van der Waals surface area contributed by atoms with E-state index in [2.05, 4.69) is 19.2 Å². The normalized spacial score (nSPS) is 18.8. The van der Waals surface area contributed by atoms with Crippen molar-refractivity contribution in [3.05, 3.63) is 46.9 Å². The summed E-state index contributed by atoms with van der Waals surface area (Å²) >= 11 is 0. The van der Waals surface area contributed by atoms with Gasteiger partial charge in [-0.05, 0) is 30.9 Å². The van der Waals surface area contributed by atoms with Crippen LogP contribution in [0, 0.1) is 12.3 Å². The maximum Gasteiger partial charge on any atom is 0.291 e. The Hall–Kier alpha value is -2.27. The minimum absolute atomic E-state index is 0.0485. The molecule has 1 aliphatic rings. The van der Waals surface area contributed by atoms with E-state index in [1.807, 2.05) is 19.1 Å². The molecule has 0 bridgehead atoms. The zero-order chi connectivity index (χ0) is 17.5. The van der Waals surface area contributed by atoms with Crippen LogP contribution in [-0.4, -0.2) is 18.1 Å². The van der Waals surface area contributed by atoms with Crippen LogP contribution in [0.1, 0.15) is 53.8 Å². The first kappa shape index (κ1) is 16.6. The third-order valence-electron chi connectivity index (χ3n) is 4.55. The van der Waals surface area contributed by atoms with Crippen molar-refractivity contribution in [3.8, 4) is 5.75 Å². The van der Waals surface area contributed by atoms with Gasteiger partial charge >= 0.3 is 0 Å². The quantitative estimate of drug-likeness (QED) is 0.897. The fraction of sp³-hybridized carbons (Fsp3) is 0.421. The summed E-state index contributed by atoms with van der Waals surface area (Å²) in [7, 11) is 1.56. The number of aliphatic hydroxyl groups excluding tert-OH is 1. The molecular weight excluding hydrogens is 306 g/mol. The minimum atomic E-state index is -0.597. The van der Waals surface area contributed by atoms with E-state index in [0.717, 1.165) is 5.56 Å². The van der Waals surface area contributed by atoms with Crippen LogP contribution in [0.5, 0.6) is 5.75 Å². The Balaban J connectivity index is 1.92. The van der Waals surface area contributed by atoms with E-state index in [1.54, 1.807) is 19.2 Å². The van der Waals surface area contributed by atoms with Gasteiger partial charge in [0, 0.05) is 17.5 Å². The van der Waals surface area contributed by atoms with E-state index < -0.39 is 6.10 Å². The van der Waals surface area contributed by atoms with Crippen LogP contribution in [0.2, 0.25) is 0 Å². The van der Waals surface area contributed by atoms with Crippen molar-refractivity contribution in [3.63, 3.8) is 0 Å². The summed E-state index contributed by atoms with van der Waals surface area (Å²) in [6.07, 6.45) is 0.774. The van der Waals surface area contributed by atoms with Crippen LogP contribution in [0.15, 0.2) is 28.7 Å². The molecule has 128 valence electrons. The molecule has 0 saturated carbocycles. The molecule has 2 N–H and O–H groups in total. The number of aliphatic hydroxyl groups is 1. The highest BCUT2D eigenvalue weighted by molar-refractivity contribution is 6.04. The number of hydrogen-bond donors (Lipinski definition) is 2. The molecule has 3 rings (SSSR count). The second-order valence-electron chi connectivity index (χ2n) is 7.11. The molecule has 0 aliphatic heterocycles. The van der Waals surface area contributed by atoms with Gasteiger partial charge in [0.25, 0.3) is 5.91 Å². The number of nitrogens with one attached hydrogen (secondary N) is 1. The number of methoxy groups -OCH3 is 1. The van der Waals surface area contributed by atoms with Gasteiger partial charge < -0.3 is 19.6 Å². The molecule has 5 nitrogen and oxygen atoms in total. The second kappa shape index (κ2) is 5.98. The lowest BCUT2D eigenvalue weighted by molar-refractivity contribution is 0.0910. The SMILES string of the molecule is COc1ccccc1NC(=O)c1oc2c(c1C)C(O)CC(C)(C)C2. The van der Waals surface area contributed by atoms with Crippen LogP contribution in [0.3, 0.4) is 0 Å². The number of furan rings is 1. The van der Waals surface area contributed by atoms with Crippen LogP contribution in [0.4, 0.5) is 5.69 Å². The Morgan fingerprint density at radius 2 is 2.08 bits per heavy atom. The maximum atomic E-state index is 12.6. The third-order valence-corrected chi connectivity index (χ3v) is 4.55. The number of carbonyl (C=O) groups excluding carboxylic acids is 1. The lowest BCUT2D eigenvalue weighted by atomic mass is 9.75. The van der Waals surface area contributed by atoms with Gasteiger partial charge in [-0.3, -0.25) is 4.79 Å². The summed E-state index contributed by atoms with van der Waals surface area (Å²) in [5.74, 6) is 1.21. The molecule has 0 spiro atoms. The predicted molar refractivity (Wildman–Crippen MR) is 91.5 cm³/mol. The largest absolute Gasteiger partial charge is 0.495 e. The number of amides is 1. The molecule has 2 aromatic rings. The molecule has 1 atom stereocenters. The molecular formula is C19H23NO4. The van der Waals surface area contributed by atoms with E-state index in [9.17, 15) is 9.90 Å². The van der Waals surface area contributed by atoms with Crippen molar-refractivity contribution < 1.29 is 19.1 Å². The summed E-state index contributed by atoms with van der Waals surface area (Å²) in [5.41, 5.74) is 2.01. The lowest BCUT2D eigenvalue weighted by Gasteiger charge is -2.31. The summed E-state index contributed by atoms with van der Waals surface area (Å²) < 4.78 is 11.1. The Morgan fingerprint density at radius 1 is 1.38 bits per heavy atom. The summed E-state index contributed by atoms with van der Waals surface area (Å²) in [4.78, 5) is 12.6. The first-order valence-electron chi connectivity index (χ1n) is 8.07. The van der Waals surface area contributed by atoms with E-state index in [-0.39, 0.29) is 17.1 Å². The molecule has 0 saturated heterocycles. The van der Waals surface area contributed by atoms with Crippen molar-refractivity contribution in [2.24, 2.45) is 5.41 Å². The van der Waals surface area contributed by atoms with Gasteiger partial charge in [-0.1, -0.05) is 26.0 Å². The van der Waals surface area contributed by atoms with Crippen molar-refractivity contribution >= 4 is 11.6 Å². The average Bonchev–Trinajstić information content (AvgIpc) is 2.83. The highest BCUT2D eigenvalue weighted by Gasteiger charge is 2.37. The number of fused-ring (bicyclic) bond motifs is 1. The molecule has 0 fully saturated rings. The fourth-order valence-corrected chi connectivity index (χ4v) is 3.43. The molecule has 5 heteroatoms.